The van der Waals surface area contributed by atoms with Crippen LogP contribution in [-0.4, -0.2) is 33.2 Å². The predicted octanol–water partition coefficient (Wildman–Crippen LogP) is 4.59. The number of benzene rings is 2. The number of nitro groups is 2. The van der Waals surface area contributed by atoms with E-state index in [1.165, 1.54) is 19.1 Å². The van der Waals surface area contributed by atoms with Crippen molar-refractivity contribution in [2.45, 2.75) is 18.7 Å². The standard InChI is InChI=1S/C23H20N8O6S/c1-14-19(30(32)33)11-18(12-20(14)31(34)35)38(36,37)29-17-8-6-16(7-9-17)27-22-13-23(26-15(2)25-22)28-21-5-3-4-10-24-21/h3-13,29H,1-2H3,(H2,24,25,26,27,28). The van der Waals surface area contributed by atoms with Gasteiger partial charge in [0.25, 0.3) is 21.4 Å². The Morgan fingerprint density at radius 2 is 1.34 bits per heavy atom. The normalized spacial score (nSPS) is 11.0. The molecule has 0 bridgehead atoms. The molecule has 0 amide bonds. The zero-order chi connectivity index (χ0) is 27.4. The smallest absolute Gasteiger partial charge is 0.280 e. The quantitative estimate of drug-likeness (QED) is 0.200. The van der Waals surface area contributed by atoms with Crippen LogP contribution in [0.5, 0.6) is 0 Å². The molecule has 4 rings (SSSR count). The molecule has 3 N–H and O–H groups in total. The summed E-state index contributed by atoms with van der Waals surface area (Å²) in [5.41, 5.74) is -0.866. The monoisotopic (exact) mass is 536 g/mol. The number of hydrogen-bond acceptors (Lipinski definition) is 11. The third-order valence-corrected chi connectivity index (χ3v) is 6.56. The Morgan fingerprint density at radius 1 is 0.763 bits per heavy atom. The number of nitrogens with one attached hydrogen (secondary N) is 3. The van der Waals surface area contributed by atoms with Gasteiger partial charge >= 0.3 is 0 Å². The largest absolute Gasteiger partial charge is 0.340 e. The second-order valence-corrected chi connectivity index (χ2v) is 9.62. The Morgan fingerprint density at radius 3 is 1.89 bits per heavy atom. The first-order valence-electron chi connectivity index (χ1n) is 10.9. The van der Waals surface area contributed by atoms with Crippen LogP contribution in [0.1, 0.15) is 11.4 Å². The summed E-state index contributed by atoms with van der Waals surface area (Å²) in [6, 6.07) is 14.7. The summed E-state index contributed by atoms with van der Waals surface area (Å²) in [6.45, 7) is 2.91. The van der Waals surface area contributed by atoms with E-state index in [0.717, 1.165) is 12.1 Å². The number of pyridine rings is 1. The van der Waals surface area contributed by atoms with Crippen LogP contribution in [0, 0.1) is 34.1 Å². The fraction of sp³-hybridized carbons (Fsp3) is 0.0870. The molecule has 0 radical (unpaired) electrons. The lowest BCUT2D eigenvalue weighted by molar-refractivity contribution is -0.395. The number of anilines is 5. The van der Waals surface area contributed by atoms with Gasteiger partial charge in [-0.1, -0.05) is 6.07 Å². The van der Waals surface area contributed by atoms with E-state index in [9.17, 15) is 28.6 Å². The average molecular weight is 537 g/mol. The van der Waals surface area contributed by atoms with E-state index < -0.39 is 36.1 Å². The van der Waals surface area contributed by atoms with E-state index in [4.69, 9.17) is 0 Å². The Labute approximate surface area is 216 Å². The summed E-state index contributed by atoms with van der Waals surface area (Å²) in [7, 11) is -4.37. The minimum absolute atomic E-state index is 0.137. The lowest BCUT2D eigenvalue weighted by Crippen LogP contribution is -2.14. The van der Waals surface area contributed by atoms with Crippen LogP contribution in [0.4, 0.5) is 40.2 Å². The van der Waals surface area contributed by atoms with Gasteiger partial charge < -0.3 is 10.6 Å². The van der Waals surface area contributed by atoms with Gasteiger partial charge in [0.15, 0.2) is 0 Å². The van der Waals surface area contributed by atoms with Crippen LogP contribution in [0.3, 0.4) is 0 Å². The number of nitro benzene ring substituents is 2. The molecule has 14 nitrogen and oxygen atoms in total. The summed E-state index contributed by atoms with van der Waals surface area (Å²) < 4.78 is 28.0. The van der Waals surface area contributed by atoms with Crippen molar-refractivity contribution in [1.82, 2.24) is 15.0 Å². The molecule has 0 saturated heterocycles. The summed E-state index contributed by atoms with van der Waals surface area (Å²) in [6.07, 6.45) is 1.65. The van der Waals surface area contributed by atoms with Gasteiger partial charge in [-0.25, -0.2) is 23.4 Å². The summed E-state index contributed by atoms with van der Waals surface area (Å²) in [5.74, 6) is 2.10. The topological polar surface area (TPSA) is 195 Å². The van der Waals surface area contributed by atoms with Crippen molar-refractivity contribution >= 4 is 50.2 Å². The van der Waals surface area contributed by atoms with Crippen LogP contribution in [0.25, 0.3) is 0 Å². The van der Waals surface area contributed by atoms with E-state index >= 15 is 0 Å². The van der Waals surface area contributed by atoms with E-state index in [1.807, 2.05) is 6.07 Å². The van der Waals surface area contributed by atoms with Gasteiger partial charge in [0, 0.05) is 35.8 Å². The number of nitrogens with zero attached hydrogens (tertiary/aromatic N) is 5. The molecule has 0 unspecified atom stereocenters. The highest BCUT2D eigenvalue weighted by atomic mass is 32.2. The Balaban J connectivity index is 1.52. The van der Waals surface area contributed by atoms with Crippen molar-refractivity contribution < 1.29 is 18.3 Å². The highest BCUT2D eigenvalue weighted by Gasteiger charge is 2.28. The average Bonchev–Trinajstić information content (AvgIpc) is 2.85. The molecule has 4 aromatic rings. The van der Waals surface area contributed by atoms with E-state index in [2.05, 4.69) is 30.3 Å². The molecule has 0 aliphatic carbocycles. The number of hydrogen-bond donors (Lipinski definition) is 3. The summed E-state index contributed by atoms with van der Waals surface area (Å²) in [5, 5.41) is 28.8. The van der Waals surface area contributed by atoms with Crippen molar-refractivity contribution in [2.24, 2.45) is 0 Å². The van der Waals surface area contributed by atoms with E-state index in [-0.39, 0.29) is 11.3 Å². The zero-order valence-corrected chi connectivity index (χ0v) is 20.8. The predicted molar refractivity (Wildman–Crippen MR) is 139 cm³/mol. The van der Waals surface area contributed by atoms with Crippen LogP contribution < -0.4 is 15.4 Å². The molecule has 194 valence electrons. The maximum atomic E-state index is 12.9. The second-order valence-electron chi connectivity index (χ2n) is 7.93. The molecule has 2 aromatic carbocycles. The van der Waals surface area contributed by atoms with E-state index in [0.29, 0.717) is 29.0 Å². The van der Waals surface area contributed by atoms with Crippen LogP contribution in [0.15, 0.2) is 71.8 Å². The maximum Gasteiger partial charge on any atom is 0.280 e. The van der Waals surface area contributed by atoms with Crippen molar-refractivity contribution in [3.8, 4) is 0 Å². The van der Waals surface area contributed by atoms with E-state index in [1.54, 1.807) is 43.5 Å². The van der Waals surface area contributed by atoms with Gasteiger partial charge in [-0.15, -0.1) is 0 Å². The zero-order valence-electron chi connectivity index (χ0n) is 19.9. The first-order chi connectivity index (χ1) is 18.0. The third kappa shape index (κ3) is 5.96. The highest BCUT2D eigenvalue weighted by molar-refractivity contribution is 7.92. The first-order valence-corrected chi connectivity index (χ1v) is 12.4. The Hall–Kier alpha value is -5.18. The molecule has 2 heterocycles. The highest BCUT2D eigenvalue weighted by Crippen LogP contribution is 2.32. The number of rotatable bonds is 9. The van der Waals surface area contributed by atoms with Crippen molar-refractivity contribution in [3.63, 3.8) is 0 Å². The lowest BCUT2D eigenvalue weighted by atomic mass is 10.1. The molecule has 15 heteroatoms. The van der Waals surface area contributed by atoms with Gasteiger partial charge in [-0.2, -0.15) is 0 Å². The van der Waals surface area contributed by atoms with Crippen LogP contribution >= 0.6 is 0 Å². The third-order valence-electron chi connectivity index (χ3n) is 5.20. The fourth-order valence-corrected chi connectivity index (χ4v) is 4.54. The van der Waals surface area contributed by atoms with Gasteiger partial charge in [-0.05, 0) is 50.2 Å². The van der Waals surface area contributed by atoms with Crippen molar-refractivity contribution in [2.75, 3.05) is 15.4 Å². The second kappa shape index (κ2) is 10.4. The molecular weight excluding hydrogens is 516 g/mol. The number of aromatic nitrogens is 3. The molecule has 0 aliphatic rings. The SMILES string of the molecule is Cc1nc(Nc2ccc(NS(=O)(=O)c3cc([N+](=O)[O-])c(C)c([N+](=O)[O-])c3)cc2)cc(Nc2ccccn2)n1. The van der Waals surface area contributed by atoms with Crippen molar-refractivity contribution in [3.05, 3.63) is 98.5 Å². The molecule has 0 saturated carbocycles. The first kappa shape index (κ1) is 25.9. The molecule has 0 aliphatic heterocycles. The van der Waals surface area contributed by atoms with Gasteiger partial charge in [-0.3, -0.25) is 25.0 Å². The fourth-order valence-electron chi connectivity index (χ4n) is 3.44. The molecule has 0 atom stereocenters. The van der Waals surface area contributed by atoms with Crippen molar-refractivity contribution in [1.29, 1.82) is 0 Å². The molecule has 0 spiro atoms. The number of sulfonamides is 1. The summed E-state index contributed by atoms with van der Waals surface area (Å²) in [4.78, 5) is 33.1. The van der Waals surface area contributed by atoms with Gasteiger partial charge in [0.05, 0.1) is 9.85 Å². The van der Waals surface area contributed by atoms with Gasteiger partial charge in [0.1, 0.15) is 33.7 Å². The molecule has 2 aromatic heterocycles. The Bertz CT molecular complexity index is 1590. The minimum Gasteiger partial charge on any atom is -0.340 e. The summed E-state index contributed by atoms with van der Waals surface area (Å²) >= 11 is 0. The number of aryl methyl sites for hydroxylation is 1. The Kier molecular flexibility index (Phi) is 7.11. The van der Waals surface area contributed by atoms with Crippen LogP contribution in [0.2, 0.25) is 0 Å². The molecule has 0 fully saturated rings. The van der Waals surface area contributed by atoms with Crippen LogP contribution in [-0.2, 0) is 10.0 Å². The molecular formula is C23H20N8O6S. The minimum atomic E-state index is -4.37. The van der Waals surface area contributed by atoms with Gasteiger partial charge in [0.2, 0.25) is 0 Å². The lowest BCUT2D eigenvalue weighted by Gasteiger charge is -2.12. The molecule has 38 heavy (non-hydrogen) atoms. The maximum absolute atomic E-state index is 12.9.